The molecule has 0 bridgehead atoms. The van der Waals surface area contributed by atoms with Gasteiger partial charge in [-0.1, -0.05) is 0 Å². The van der Waals surface area contributed by atoms with Crippen molar-refractivity contribution in [1.29, 1.82) is 0 Å². The van der Waals surface area contributed by atoms with Crippen LogP contribution in [0.1, 0.15) is 13.8 Å². The highest BCUT2D eigenvalue weighted by Crippen LogP contribution is 1.94. The van der Waals surface area contributed by atoms with Crippen LogP contribution < -0.4 is 0 Å². The van der Waals surface area contributed by atoms with Crippen LogP contribution in [0.4, 0.5) is 4.79 Å². The lowest BCUT2D eigenvalue weighted by Crippen LogP contribution is -2.20. The minimum Gasteiger partial charge on any atom is -0.435 e. The summed E-state index contributed by atoms with van der Waals surface area (Å²) in [5.41, 5.74) is 0. The van der Waals surface area contributed by atoms with Gasteiger partial charge in [0, 0.05) is 7.11 Å². The molecule has 0 aromatic rings. The minimum atomic E-state index is -0.642. The fourth-order valence-electron chi connectivity index (χ4n) is 0.585. The monoisotopic (exact) mass is 162 g/mol. The van der Waals surface area contributed by atoms with Gasteiger partial charge in [-0.05, 0) is 13.8 Å². The van der Waals surface area contributed by atoms with E-state index in [1.807, 2.05) is 0 Å². The maximum Gasteiger partial charge on any atom is 0.508 e. The van der Waals surface area contributed by atoms with Gasteiger partial charge in [0.1, 0.15) is 6.10 Å². The van der Waals surface area contributed by atoms with Crippen molar-refractivity contribution in [2.24, 2.45) is 0 Å². The molecule has 0 heterocycles. The topological polar surface area (TPSA) is 44.8 Å². The van der Waals surface area contributed by atoms with Crippen LogP contribution in [-0.2, 0) is 14.2 Å². The molecule has 0 aliphatic carbocycles. The van der Waals surface area contributed by atoms with E-state index >= 15 is 0 Å². The van der Waals surface area contributed by atoms with E-state index in [2.05, 4.69) is 4.74 Å². The fourth-order valence-corrected chi connectivity index (χ4v) is 0.585. The lowest BCUT2D eigenvalue weighted by molar-refractivity contribution is 0.00322. The normalized spacial score (nSPS) is 12.3. The summed E-state index contributed by atoms with van der Waals surface area (Å²) in [6.45, 7) is 4.18. The van der Waals surface area contributed by atoms with Crippen molar-refractivity contribution < 1.29 is 19.0 Å². The Labute approximate surface area is 66.4 Å². The van der Waals surface area contributed by atoms with Gasteiger partial charge >= 0.3 is 6.16 Å². The van der Waals surface area contributed by atoms with Gasteiger partial charge in [-0.15, -0.1) is 0 Å². The van der Waals surface area contributed by atoms with Crippen LogP contribution in [0.2, 0.25) is 0 Å². The summed E-state index contributed by atoms with van der Waals surface area (Å²) in [7, 11) is 1.55. The molecular formula is C7H14O4. The number of rotatable bonds is 4. The molecule has 4 nitrogen and oxygen atoms in total. The Morgan fingerprint density at radius 3 is 2.64 bits per heavy atom. The van der Waals surface area contributed by atoms with Crippen LogP contribution in [0.15, 0.2) is 0 Å². The van der Waals surface area contributed by atoms with Crippen molar-refractivity contribution in [3.8, 4) is 0 Å². The first-order valence-electron chi connectivity index (χ1n) is 3.53. The zero-order valence-corrected chi connectivity index (χ0v) is 7.12. The van der Waals surface area contributed by atoms with Crippen molar-refractivity contribution in [2.75, 3.05) is 20.3 Å². The molecule has 0 aliphatic rings. The lowest BCUT2D eigenvalue weighted by Gasteiger charge is -2.10. The smallest absolute Gasteiger partial charge is 0.435 e. The number of ether oxygens (including phenoxy) is 3. The Balaban J connectivity index is 3.40. The molecule has 0 rings (SSSR count). The Morgan fingerprint density at radius 1 is 1.55 bits per heavy atom. The summed E-state index contributed by atoms with van der Waals surface area (Å²) in [5.74, 6) is 0. The summed E-state index contributed by atoms with van der Waals surface area (Å²) >= 11 is 0. The van der Waals surface area contributed by atoms with E-state index in [0.29, 0.717) is 13.2 Å². The van der Waals surface area contributed by atoms with Gasteiger partial charge in [0.25, 0.3) is 0 Å². The number of methoxy groups -OCH3 is 1. The van der Waals surface area contributed by atoms with Crippen molar-refractivity contribution in [2.45, 2.75) is 20.0 Å². The molecule has 1 atom stereocenters. The van der Waals surface area contributed by atoms with Crippen LogP contribution in [0.3, 0.4) is 0 Å². The van der Waals surface area contributed by atoms with Gasteiger partial charge in [0.05, 0.1) is 13.2 Å². The second-order valence-electron chi connectivity index (χ2n) is 2.07. The number of carbonyl (C=O) groups excluding carboxylic acids is 1. The second kappa shape index (κ2) is 5.97. The largest absolute Gasteiger partial charge is 0.508 e. The molecule has 0 spiro atoms. The molecule has 0 saturated heterocycles. The predicted molar refractivity (Wildman–Crippen MR) is 39.4 cm³/mol. The van der Waals surface area contributed by atoms with E-state index in [1.54, 1.807) is 21.0 Å². The highest BCUT2D eigenvalue weighted by molar-refractivity contribution is 5.59. The van der Waals surface area contributed by atoms with E-state index in [1.165, 1.54) is 0 Å². The molecule has 11 heavy (non-hydrogen) atoms. The Morgan fingerprint density at radius 2 is 2.18 bits per heavy atom. The number of carbonyl (C=O) groups is 1. The molecule has 66 valence electrons. The van der Waals surface area contributed by atoms with Gasteiger partial charge in [-0.3, -0.25) is 0 Å². The maximum atomic E-state index is 10.6. The molecule has 0 aliphatic heterocycles. The van der Waals surface area contributed by atoms with Crippen LogP contribution in [0.25, 0.3) is 0 Å². The lowest BCUT2D eigenvalue weighted by atomic mass is 10.4. The maximum absolute atomic E-state index is 10.6. The van der Waals surface area contributed by atoms with Crippen molar-refractivity contribution in [1.82, 2.24) is 0 Å². The molecule has 0 saturated carbocycles. The minimum absolute atomic E-state index is 0.251. The first-order chi connectivity index (χ1) is 5.20. The van der Waals surface area contributed by atoms with Crippen molar-refractivity contribution in [3.63, 3.8) is 0 Å². The third-order valence-electron chi connectivity index (χ3n) is 0.961. The molecule has 0 aromatic carbocycles. The van der Waals surface area contributed by atoms with Crippen LogP contribution in [0, 0.1) is 0 Å². The van der Waals surface area contributed by atoms with E-state index in [9.17, 15) is 4.79 Å². The number of hydrogen-bond donors (Lipinski definition) is 0. The van der Waals surface area contributed by atoms with Crippen molar-refractivity contribution in [3.05, 3.63) is 0 Å². The van der Waals surface area contributed by atoms with Gasteiger partial charge in [0.15, 0.2) is 0 Å². The van der Waals surface area contributed by atoms with E-state index in [4.69, 9.17) is 9.47 Å². The molecular weight excluding hydrogens is 148 g/mol. The summed E-state index contributed by atoms with van der Waals surface area (Å²) < 4.78 is 14.0. The molecule has 0 aromatic heterocycles. The van der Waals surface area contributed by atoms with Crippen molar-refractivity contribution >= 4 is 6.16 Å². The highest BCUT2D eigenvalue weighted by atomic mass is 16.7. The molecule has 0 radical (unpaired) electrons. The van der Waals surface area contributed by atoms with E-state index in [-0.39, 0.29) is 6.10 Å². The van der Waals surface area contributed by atoms with Gasteiger partial charge in [-0.2, -0.15) is 0 Å². The Bertz CT molecular complexity index is 113. The summed E-state index contributed by atoms with van der Waals surface area (Å²) in [5, 5.41) is 0. The first-order valence-corrected chi connectivity index (χ1v) is 3.53. The van der Waals surface area contributed by atoms with Gasteiger partial charge < -0.3 is 14.2 Å². The zero-order valence-electron chi connectivity index (χ0n) is 7.12. The average molecular weight is 162 g/mol. The van der Waals surface area contributed by atoms with Gasteiger partial charge in [0.2, 0.25) is 0 Å². The Hall–Kier alpha value is -0.770. The van der Waals surface area contributed by atoms with E-state index in [0.717, 1.165) is 0 Å². The summed E-state index contributed by atoms with van der Waals surface area (Å²) in [6.07, 6.45) is -0.893. The third kappa shape index (κ3) is 5.66. The first kappa shape index (κ1) is 10.2. The summed E-state index contributed by atoms with van der Waals surface area (Å²) in [4.78, 5) is 10.6. The molecule has 0 N–H and O–H groups in total. The van der Waals surface area contributed by atoms with Crippen LogP contribution in [-0.4, -0.2) is 32.6 Å². The highest BCUT2D eigenvalue weighted by Gasteiger charge is 2.08. The standard InChI is InChI=1S/C7H14O4/c1-4-10-7(8)11-6(2)5-9-3/h6H,4-5H2,1-3H3. The zero-order chi connectivity index (χ0) is 8.69. The Kier molecular flexibility index (Phi) is 5.56. The third-order valence-corrected chi connectivity index (χ3v) is 0.961. The SMILES string of the molecule is CCOC(=O)OC(C)COC. The predicted octanol–water partition coefficient (Wildman–Crippen LogP) is 1.19. The van der Waals surface area contributed by atoms with Crippen LogP contribution in [0.5, 0.6) is 0 Å². The average Bonchev–Trinajstić information content (AvgIpc) is 1.87. The molecule has 4 heteroatoms. The number of hydrogen-bond acceptors (Lipinski definition) is 4. The quantitative estimate of drug-likeness (QED) is 0.582. The van der Waals surface area contributed by atoms with Gasteiger partial charge in [-0.25, -0.2) is 4.79 Å². The molecule has 0 amide bonds. The summed E-state index contributed by atoms with van der Waals surface area (Å²) in [6, 6.07) is 0. The molecule has 1 unspecified atom stereocenters. The van der Waals surface area contributed by atoms with E-state index < -0.39 is 6.16 Å². The molecule has 0 fully saturated rings. The fraction of sp³-hybridized carbons (Fsp3) is 0.857. The van der Waals surface area contributed by atoms with Crippen LogP contribution >= 0.6 is 0 Å². The second-order valence-corrected chi connectivity index (χ2v) is 2.07.